The van der Waals surface area contributed by atoms with Crippen molar-refractivity contribution in [3.8, 4) is 5.75 Å². The second-order valence-corrected chi connectivity index (χ2v) is 5.92. The molecular formula is C19H23NO4. The molecule has 0 aliphatic carbocycles. The van der Waals surface area contributed by atoms with Crippen LogP contribution in [0, 0.1) is 0 Å². The number of aldehydes is 1. The lowest BCUT2D eigenvalue weighted by atomic mass is 9.99. The maximum absolute atomic E-state index is 12.8. The summed E-state index contributed by atoms with van der Waals surface area (Å²) in [5, 5.41) is 2.92. The molecule has 0 unspecified atom stereocenters. The third-order valence-electron chi connectivity index (χ3n) is 3.99. The van der Waals surface area contributed by atoms with Gasteiger partial charge in [-0.1, -0.05) is 30.7 Å². The minimum Gasteiger partial charge on any atom is -0.426 e. The molecule has 0 spiro atoms. The highest BCUT2D eigenvalue weighted by Crippen LogP contribution is 2.24. The zero-order chi connectivity index (χ0) is 17.4. The van der Waals surface area contributed by atoms with Crippen molar-refractivity contribution < 1.29 is 19.1 Å². The Morgan fingerprint density at radius 2 is 2.17 bits per heavy atom. The average Bonchev–Trinajstić information content (AvgIpc) is 2.52. The van der Waals surface area contributed by atoms with Crippen LogP contribution in [0.2, 0.25) is 0 Å². The number of benzene rings is 1. The summed E-state index contributed by atoms with van der Waals surface area (Å²) in [5.74, 6) is -0.516. The van der Waals surface area contributed by atoms with Crippen molar-refractivity contribution in [1.82, 2.24) is 5.32 Å². The van der Waals surface area contributed by atoms with Crippen LogP contribution < -0.4 is 10.1 Å². The molecule has 0 aromatic heterocycles. The molecule has 24 heavy (non-hydrogen) atoms. The summed E-state index contributed by atoms with van der Waals surface area (Å²) in [5.41, 5.74) is 1.17. The van der Waals surface area contributed by atoms with E-state index in [-0.39, 0.29) is 24.1 Å². The number of ether oxygens (including phenoxy) is 1. The van der Waals surface area contributed by atoms with Crippen LogP contribution in [0.5, 0.6) is 5.75 Å². The number of carbonyl (C=O) groups is 3. The fraction of sp³-hybridized carbons (Fsp3) is 0.421. The van der Waals surface area contributed by atoms with E-state index in [0.717, 1.165) is 37.5 Å². The van der Waals surface area contributed by atoms with E-state index < -0.39 is 5.97 Å². The first-order valence-electron chi connectivity index (χ1n) is 8.31. The van der Waals surface area contributed by atoms with Crippen LogP contribution in [0.15, 0.2) is 30.4 Å². The fourth-order valence-corrected chi connectivity index (χ4v) is 2.85. The van der Waals surface area contributed by atoms with Gasteiger partial charge in [-0.2, -0.15) is 0 Å². The molecule has 1 N–H and O–H groups in total. The van der Waals surface area contributed by atoms with Crippen LogP contribution in [0.1, 0.15) is 54.9 Å². The van der Waals surface area contributed by atoms with Crippen LogP contribution >= 0.6 is 0 Å². The molecule has 5 nitrogen and oxygen atoms in total. The molecule has 1 amide bonds. The Morgan fingerprint density at radius 3 is 2.92 bits per heavy atom. The second-order valence-electron chi connectivity index (χ2n) is 5.92. The smallest absolute Gasteiger partial charge is 0.308 e. The highest BCUT2D eigenvalue weighted by molar-refractivity contribution is 5.99. The minimum atomic E-state index is -0.470. The highest BCUT2D eigenvalue weighted by Gasteiger charge is 2.21. The fourth-order valence-electron chi connectivity index (χ4n) is 2.85. The molecule has 128 valence electrons. The molecule has 1 aliphatic heterocycles. The van der Waals surface area contributed by atoms with E-state index in [1.54, 1.807) is 12.1 Å². The first-order valence-corrected chi connectivity index (χ1v) is 8.31. The van der Waals surface area contributed by atoms with Gasteiger partial charge < -0.3 is 14.8 Å². The van der Waals surface area contributed by atoms with E-state index in [1.807, 2.05) is 12.1 Å². The average molecular weight is 329 g/mol. The summed E-state index contributed by atoms with van der Waals surface area (Å²) in [6.45, 7) is 1.31. The molecule has 1 heterocycles. The number of hydrogen-bond donors (Lipinski definition) is 1. The van der Waals surface area contributed by atoms with Crippen LogP contribution in [-0.4, -0.2) is 24.2 Å². The Bertz CT molecular complexity index is 636. The molecule has 1 aromatic carbocycles. The maximum atomic E-state index is 12.8. The van der Waals surface area contributed by atoms with Crippen molar-refractivity contribution >= 4 is 18.2 Å². The van der Waals surface area contributed by atoms with Gasteiger partial charge in [0.25, 0.3) is 5.91 Å². The van der Waals surface area contributed by atoms with E-state index in [0.29, 0.717) is 12.0 Å². The van der Waals surface area contributed by atoms with E-state index in [1.165, 1.54) is 6.92 Å². The molecule has 0 saturated carbocycles. The van der Waals surface area contributed by atoms with E-state index in [2.05, 4.69) is 11.4 Å². The van der Waals surface area contributed by atoms with Crippen molar-refractivity contribution in [2.45, 2.75) is 51.5 Å². The summed E-state index contributed by atoms with van der Waals surface area (Å²) in [6.07, 6.45) is 9.55. The molecule has 0 radical (unpaired) electrons. The van der Waals surface area contributed by atoms with Gasteiger partial charge >= 0.3 is 5.97 Å². The summed E-state index contributed by atoms with van der Waals surface area (Å²) >= 11 is 0. The number of esters is 1. The van der Waals surface area contributed by atoms with Crippen LogP contribution in [0.3, 0.4) is 0 Å². The predicted molar refractivity (Wildman–Crippen MR) is 91.0 cm³/mol. The summed E-state index contributed by atoms with van der Waals surface area (Å²) < 4.78 is 5.21. The van der Waals surface area contributed by atoms with Gasteiger partial charge in [0.05, 0.1) is 5.56 Å². The summed E-state index contributed by atoms with van der Waals surface area (Å²) in [6, 6.07) is 5.04. The Kier molecular flexibility index (Phi) is 6.73. The maximum Gasteiger partial charge on any atom is 0.308 e. The Morgan fingerprint density at radius 1 is 1.33 bits per heavy atom. The quantitative estimate of drug-likeness (QED) is 0.400. The number of fused-ring (bicyclic) bond motifs is 1. The van der Waals surface area contributed by atoms with Gasteiger partial charge in [-0.25, -0.2) is 0 Å². The SMILES string of the molecule is CC(=O)Oc1cccc2c1C(=O)N[C@@H](CC=O)CCCC/C=C/C2. The van der Waals surface area contributed by atoms with Crippen molar-refractivity contribution in [3.05, 3.63) is 41.5 Å². The molecule has 1 atom stereocenters. The largest absolute Gasteiger partial charge is 0.426 e. The van der Waals surface area contributed by atoms with Gasteiger partial charge in [-0.05, 0) is 37.3 Å². The standard InChI is InChI=1S/C19H23NO4/c1-14(22)24-17-11-7-9-15-8-5-3-2-4-6-10-16(12-13-21)20-19(23)18(15)17/h3,5,7,9,11,13,16H,2,4,6,8,10,12H2,1H3,(H,20,23)/b5-3+/t16-/m1/s1. The first kappa shape index (κ1) is 17.9. The number of carbonyl (C=O) groups excluding carboxylic acids is 3. The normalized spacial score (nSPS) is 19.9. The van der Waals surface area contributed by atoms with Crippen LogP contribution in [0.4, 0.5) is 0 Å². The lowest BCUT2D eigenvalue weighted by molar-refractivity contribution is -0.131. The Balaban J connectivity index is 2.39. The zero-order valence-corrected chi connectivity index (χ0v) is 13.9. The second kappa shape index (κ2) is 9.01. The Labute approximate surface area is 142 Å². The lowest BCUT2D eigenvalue weighted by Crippen LogP contribution is -2.36. The van der Waals surface area contributed by atoms with Crippen molar-refractivity contribution in [2.24, 2.45) is 0 Å². The minimum absolute atomic E-state index is 0.198. The van der Waals surface area contributed by atoms with Crippen LogP contribution in [0.25, 0.3) is 0 Å². The lowest BCUT2D eigenvalue weighted by Gasteiger charge is -2.19. The number of amides is 1. The molecule has 2 rings (SSSR count). The van der Waals surface area contributed by atoms with E-state index >= 15 is 0 Å². The Hall–Kier alpha value is -2.43. The first-order chi connectivity index (χ1) is 11.6. The molecular weight excluding hydrogens is 306 g/mol. The number of nitrogens with one attached hydrogen (secondary N) is 1. The third-order valence-corrected chi connectivity index (χ3v) is 3.99. The molecule has 0 saturated heterocycles. The van der Waals surface area contributed by atoms with Crippen LogP contribution in [-0.2, 0) is 16.0 Å². The number of hydrogen-bond acceptors (Lipinski definition) is 4. The van der Waals surface area contributed by atoms with Gasteiger partial charge in [-0.15, -0.1) is 0 Å². The summed E-state index contributed by atoms with van der Waals surface area (Å²) in [7, 11) is 0. The van der Waals surface area contributed by atoms with Gasteiger partial charge in [0.2, 0.25) is 0 Å². The molecule has 1 aromatic rings. The monoisotopic (exact) mass is 329 g/mol. The van der Waals surface area contributed by atoms with Crippen molar-refractivity contribution in [1.29, 1.82) is 0 Å². The van der Waals surface area contributed by atoms with Gasteiger partial charge in [0.15, 0.2) is 0 Å². The van der Waals surface area contributed by atoms with E-state index in [9.17, 15) is 14.4 Å². The highest BCUT2D eigenvalue weighted by atomic mass is 16.5. The predicted octanol–water partition coefficient (Wildman–Crippen LogP) is 2.97. The van der Waals surface area contributed by atoms with Gasteiger partial charge in [0, 0.05) is 19.4 Å². The summed E-state index contributed by atoms with van der Waals surface area (Å²) in [4.78, 5) is 35.0. The molecule has 1 aliphatic rings. The van der Waals surface area contributed by atoms with Gasteiger partial charge in [0.1, 0.15) is 12.0 Å². The molecule has 0 fully saturated rings. The topological polar surface area (TPSA) is 72.5 Å². The number of allylic oxidation sites excluding steroid dienone is 2. The zero-order valence-electron chi connectivity index (χ0n) is 13.9. The van der Waals surface area contributed by atoms with Crippen molar-refractivity contribution in [3.63, 3.8) is 0 Å². The molecule has 0 bridgehead atoms. The number of rotatable bonds is 3. The van der Waals surface area contributed by atoms with E-state index in [4.69, 9.17) is 4.74 Å². The van der Waals surface area contributed by atoms with Gasteiger partial charge in [-0.3, -0.25) is 9.59 Å². The van der Waals surface area contributed by atoms with Crippen molar-refractivity contribution in [2.75, 3.05) is 0 Å². The third kappa shape index (κ3) is 5.05. The molecule has 5 heteroatoms.